The standard InChI is InChI=1S/C9H17N5/c1-12-3-5-14(6-4-12)8-7-11-13(2)9(8)10/h7H,3-6,10H2,1-2H3. The molecule has 14 heavy (non-hydrogen) atoms. The minimum Gasteiger partial charge on any atom is -0.382 e. The van der Waals surface area contributed by atoms with Gasteiger partial charge in [-0.05, 0) is 7.05 Å². The molecule has 0 aliphatic carbocycles. The zero-order valence-corrected chi connectivity index (χ0v) is 8.77. The first-order valence-electron chi connectivity index (χ1n) is 4.89. The predicted molar refractivity (Wildman–Crippen MR) is 57.3 cm³/mol. The van der Waals surface area contributed by atoms with Gasteiger partial charge in [0.15, 0.2) is 0 Å². The lowest BCUT2D eigenvalue weighted by Crippen LogP contribution is -2.44. The highest BCUT2D eigenvalue weighted by Crippen LogP contribution is 2.22. The van der Waals surface area contributed by atoms with Crippen molar-refractivity contribution in [2.75, 3.05) is 43.9 Å². The lowest BCUT2D eigenvalue weighted by Gasteiger charge is -2.33. The Balaban J connectivity index is 2.12. The van der Waals surface area contributed by atoms with Gasteiger partial charge in [-0.1, -0.05) is 0 Å². The number of nitrogen functional groups attached to an aromatic ring is 1. The average molecular weight is 195 g/mol. The van der Waals surface area contributed by atoms with Crippen LogP contribution in [0.5, 0.6) is 0 Å². The maximum Gasteiger partial charge on any atom is 0.145 e. The van der Waals surface area contributed by atoms with E-state index in [-0.39, 0.29) is 0 Å². The Morgan fingerprint density at radius 3 is 2.36 bits per heavy atom. The highest BCUT2D eigenvalue weighted by atomic mass is 15.3. The highest BCUT2D eigenvalue weighted by molar-refractivity contribution is 5.63. The van der Waals surface area contributed by atoms with Gasteiger partial charge in [0.25, 0.3) is 0 Å². The molecule has 1 fully saturated rings. The van der Waals surface area contributed by atoms with Crippen LogP contribution in [0.1, 0.15) is 0 Å². The molecule has 78 valence electrons. The van der Waals surface area contributed by atoms with Crippen LogP contribution >= 0.6 is 0 Å². The number of nitrogens with two attached hydrogens (primary N) is 1. The van der Waals surface area contributed by atoms with Gasteiger partial charge in [0.1, 0.15) is 5.82 Å². The molecule has 0 atom stereocenters. The summed E-state index contributed by atoms with van der Waals surface area (Å²) in [5.74, 6) is 0.759. The highest BCUT2D eigenvalue weighted by Gasteiger charge is 2.17. The van der Waals surface area contributed by atoms with E-state index >= 15 is 0 Å². The summed E-state index contributed by atoms with van der Waals surface area (Å²) in [5.41, 5.74) is 6.98. The first-order valence-corrected chi connectivity index (χ1v) is 4.89. The van der Waals surface area contributed by atoms with Crippen LogP contribution in [0.4, 0.5) is 11.5 Å². The van der Waals surface area contributed by atoms with Crippen molar-refractivity contribution in [1.82, 2.24) is 14.7 Å². The number of anilines is 2. The van der Waals surface area contributed by atoms with Crippen molar-refractivity contribution in [1.29, 1.82) is 0 Å². The van der Waals surface area contributed by atoms with E-state index < -0.39 is 0 Å². The lowest BCUT2D eigenvalue weighted by molar-refractivity contribution is 0.313. The first kappa shape index (κ1) is 9.33. The summed E-state index contributed by atoms with van der Waals surface area (Å²) in [6.45, 7) is 4.25. The van der Waals surface area contributed by atoms with Gasteiger partial charge < -0.3 is 15.5 Å². The maximum absolute atomic E-state index is 5.91. The van der Waals surface area contributed by atoms with Gasteiger partial charge in [-0.3, -0.25) is 4.68 Å². The number of nitrogens with zero attached hydrogens (tertiary/aromatic N) is 4. The van der Waals surface area contributed by atoms with Gasteiger partial charge in [-0.15, -0.1) is 0 Å². The molecule has 0 radical (unpaired) electrons. The normalized spacial score (nSPS) is 18.9. The smallest absolute Gasteiger partial charge is 0.145 e. The molecule has 0 saturated carbocycles. The molecule has 1 aliphatic heterocycles. The second-order valence-electron chi connectivity index (χ2n) is 3.83. The molecule has 0 amide bonds. The summed E-state index contributed by atoms with van der Waals surface area (Å²) in [6.07, 6.45) is 1.85. The summed E-state index contributed by atoms with van der Waals surface area (Å²) in [4.78, 5) is 4.62. The Morgan fingerprint density at radius 2 is 1.86 bits per heavy atom. The van der Waals surface area contributed by atoms with Crippen molar-refractivity contribution in [3.8, 4) is 0 Å². The number of hydrogen-bond donors (Lipinski definition) is 1. The van der Waals surface area contributed by atoms with Crippen LogP contribution in [0.15, 0.2) is 6.20 Å². The van der Waals surface area contributed by atoms with E-state index in [1.165, 1.54) is 0 Å². The Bertz CT molecular complexity index is 311. The van der Waals surface area contributed by atoms with E-state index in [0.717, 1.165) is 37.7 Å². The molecule has 1 aromatic heterocycles. The molecule has 1 saturated heterocycles. The van der Waals surface area contributed by atoms with Gasteiger partial charge >= 0.3 is 0 Å². The fourth-order valence-corrected chi connectivity index (χ4v) is 1.73. The van der Waals surface area contributed by atoms with Crippen molar-refractivity contribution >= 4 is 11.5 Å². The van der Waals surface area contributed by atoms with E-state index in [2.05, 4.69) is 21.9 Å². The molecule has 5 heteroatoms. The molecule has 2 N–H and O–H groups in total. The summed E-state index contributed by atoms with van der Waals surface area (Å²) in [7, 11) is 4.01. The lowest BCUT2D eigenvalue weighted by atomic mass is 10.3. The zero-order chi connectivity index (χ0) is 10.1. The van der Waals surface area contributed by atoms with Gasteiger partial charge in [0.05, 0.1) is 11.9 Å². The molecule has 0 aromatic carbocycles. The number of piperazine rings is 1. The Labute approximate surface area is 84.1 Å². The molecule has 5 nitrogen and oxygen atoms in total. The molecule has 1 aromatic rings. The molecule has 2 heterocycles. The first-order chi connectivity index (χ1) is 6.68. The monoisotopic (exact) mass is 195 g/mol. The van der Waals surface area contributed by atoms with E-state index in [0.29, 0.717) is 0 Å². The number of aromatic nitrogens is 2. The number of likely N-dealkylation sites (N-methyl/N-ethyl adjacent to an activating group) is 1. The third kappa shape index (κ3) is 1.55. The largest absolute Gasteiger partial charge is 0.382 e. The van der Waals surface area contributed by atoms with Gasteiger partial charge in [-0.2, -0.15) is 5.10 Å². The SMILES string of the molecule is CN1CCN(c2cnn(C)c2N)CC1. The van der Waals surface area contributed by atoms with E-state index in [4.69, 9.17) is 5.73 Å². The molecular weight excluding hydrogens is 178 g/mol. The molecular formula is C9H17N5. The van der Waals surface area contributed by atoms with Crippen molar-refractivity contribution in [2.24, 2.45) is 7.05 Å². The van der Waals surface area contributed by atoms with Gasteiger partial charge in [-0.25, -0.2) is 0 Å². The van der Waals surface area contributed by atoms with Crippen LogP contribution in [-0.4, -0.2) is 47.9 Å². The third-order valence-corrected chi connectivity index (χ3v) is 2.81. The van der Waals surface area contributed by atoms with Crippen LogP contribution in [0.3, 0.4) is 0 Å². The quantitative estimate of drug-likeness (QED) is 0.671. The van der Waals surface area contributed by atoms with E-state index in [1.807, 2.05) is 13.2 Å². The summed E-state index contributed by atoms with van der Waals surface area (Å²) >= 11 is 0. The topological polar surface area (TPSA) is 50.3 Å². The fraction of sp³-hybridized carbons (Fsp3) is 0.667. The molecule has 2 rings (SSSR count). The molecule has 1 aliphatic rings. The fourth-order valence-electron chi connectivity index (χ4n) is 1.73. The number of aryl methyl sites for hydroxylation is 1. The summed E-state index contributed by atoms with van der Waals surface area (Å²) < 4.78 is 1.72. The van der Waals surface area contributed by atoms with Crippen molar-refractivity contribution in [2.45, 2.75) is 0 Å². The van der Waals surface area contributed by atoms with Crippen LogP contribution in [0.2, 0.25) is 0 Å². The summed E-state index contributed by atoms with van der Waals surface area (Å²) in [5, 5.41) is 4.15. The molecule has 0 spiro atoms. The molecule has 0 unspecified atom stereocenters. The maximum atomic E-state index is 5.91. The zero-order valence-electron chi connectivity index (χ0n) is 8.77. The van der Waals surface area contributed by atoms with Crippen LogP contribution in [0, 0.1) is 0 Å². The van der Waals surface area contributed by atoms with Gasteiger partial charge in [0, 0.05) is 33.2 Å². The van der Waals surface area contributed by atoms with Crippen molar-refractivity contribution in [3.63, 3.8) is 0 Å². The van der Waals surface area contributed by atoms with Crippen molar-refractivity contribution < 1.29 is 0 Å². The third-order valence-electron chi connectivity index (χ3n) is 2.81. The minimum atomic E-state index is 0.759. The van der Waals surface area contributed by atoms with E-state index in [9.17, 15) is 0 Å². The summed E-state index contributed by atoms with van der Waals surface area (Å²) in [6, 6.07) is 0. The van der Waals surface area contributed by atoms with E-state index in [1.54, 1.807) is 4.68 Å². The van der Waals surface area contributed by atoms with Crippen LogP contribution < -0.4 is 10.6 Å². The average Bonchev–Trinajstić information content (AvgIpc) is 2.50. The molecule has 0 bridgehead atoms. The number of hydrogen-bond acceptors (Lipinski definition) is 4. The predicted octanol–water partition coefficient (Wildman–Crippen LogP) is -0.246. The minimum absolute atomic E-state index is 0.759. The van der Waals surface area contributed by atoms with Crippen molar-refractivity contribution in [3.05, 3.63) is 6.20 Å². The Morgan fingerprint density at radius 1 is 1.21 bits per heavy atom. The van der Waals surface area contributed by atoms with Crippen LogP contribution in [-0.2, 0) is 7.05 Å². The second kappa shape index (κ2) is 3.49. The number of rotatable bonds is 1. The van der Waals surface area contributed by atoms with Gasteiger partial charge in [0.2, 0.25) is 0 Å². The van der Waals surface area contributed by atoms with Crippen LogP contribution in [0.25, 0.3) is 0 Å². The Kier molecular flexibility index (Phi) is 2.33. The Hall–Kier alpha value is -1.23. The second-order valence-corrected chi connectivity index (χ2v) is 3.83.